The standard InChI is InChI=1S/C73H133O24P/c1-4-7-10-13-16-19-22-25-28-31-33-35-38-41-44-47-57(75)89-51-54(92-59(77)49-46-43-40-37-34-30-27-24-21-18-15-12-9-6-3)52-91-98(87,88)97-71-69(95-72-67(85)62(80)60(78)55(50-74)93-72)65(83)64(82)66(84)70(71)96-73-68(86)63(81)61(79)56(94-73)53-90-58(76)48-45-42-39-36-32-29-26-23-20-17-14-11-8-5-2/h38,41,44,47,54-56,60-74,78-86H,4-37,39-40,42-43,45-46,48-53H2,1-3H3,(H,87,88)/b41-38+,47-44+. The summed E-state index contributed by atoms with van der Waals surface area (Å²) in [6.45, 7) is 3.34. The van der Waals surface area contributed by atoms with E-state index in [-0.39, 0.29) is 12.8 Å². The summed E-state index contributed by atoms with van der Waals surface area (Å²) < 4.78 is 64.8. The number of hydrogen-bond donors (Lipinski definition) is 11. The molecule has 1 aliphatic carbocycles. The van der Waals surface area contributed by atoms with Crippen LogP contribution in [0.3, 0.4) is 0 Å². The van der Waals surface area contributed by atoms with Gasteiger partial charge in [-0.2, -0.15) is 0 Å². The summed E-state index contributed by atoms with van der Waals surface area (Å²) in [6, 6.07) is 0. The van der Waals surface area contributed by atoms with E-state index in [1.807, 2.05) is 6.08 Å². The number of ether oxygens (including phenoxy) is 7. The maximum Gasteiger partial charge on any atom is 0.472 e. The SMILES string of the molecule is CCCCCCCCCCCCC/C=C/C=C/C(=O)OCC(COP(=O)(O)OC1C(OC2OC(CO)C(O)C(O)C2O)C(O)C(O)C(O)C1OC1OC(COC(=O)CCCCCCCCCCCCCCCC)C(O)C(O)C1O)OC(=O)CCCCCCCCCCCCCCCC. The van der Waals surface area contributed by atoms with Crippen molar-refractivity contribution in [3.05, 3.63) is 24.3 Å². The van der Waals surface area contributed by atoms with Crippen LogP contribution >= 0.6 is 7.82 Å². The first-order valence-corrected chi connectivity index (χ1v) is 39.7. The molecule has 2 aliphatic heterocycles. The molecule has 3 fully saturated rings. The van der Waals surface area contributed by atoms with Crippen molar-refractivity contribution in [1.82, 2.24) is 0 Å². The Labute approximate surface area is 585 Å². The minimum Gasteiger partial charge on any atom is -0.463 e. The largest absolute Gasteiger partial charge is 0.472 e. The molecule has 3 rings (SSSR count). The van der Waals surface area contributed by atoms with E-state index in [2.05, 4.69) is 20.8 Å². The number of allylic oxidation sites excluding steroid dienone is 3. The highest BCUT2D eigenvalue weighted by atomic mass is 31.2. The summed E-state index contributed by atoms with van der Waals surface area (Å²) in [5, 5.41) is 110. The number of hydrogen-bond acceptors (Lipinski definition) is 23. The van der Waals surface area contributed by atoms with Crippen molar-refractivity contribution in [3.8, 4) is 0 Å². The summed E-state index contributed by atoms with van der Waals surface area (Å²) in [6.07, 6.45) is 15.9. The highest BCUT2D eigenvalue weighted by molar-refractivity contribution is 7.47. The first kappa shape index (κ1) is 89.7. The summed E-state index contributed by atoms with van der Waals surface area (Å²) in [5.41, 5.74) is 0. The molecule has 0 amide bonds. The Balaban J connectivity index is 1.75. The molecule has 98 heavy (non-hydrogen) atoms. The number of esters is 3. The summed E-state index contributed by atoms with van der Waals surface area (Å²) in [5.74, 6) is -2.24. The molecule has 2 heterocycles. The van der Waals surface area contributed by atoms with Gasteiger partial charge >= 0.3 is 25.7 Å². The van der Waals surface area contributed by atoms with Gasteiger partial charge < -0.3 is 89.1 Å². The van der Waals surface area contributed by atoms with Gasteiger partial charge in [0, 0.05) is 18.9 Å². The van der Waals surface area contributed by atoms with Crippen LogP contribution in [0, 0.1) is 0 Å². The highest BCUT2D eigenvalue weighted by Crippen LogP contribution is 2.49. The summed E-state index contributed by atoms with van der Waals surface area (Å²) >= 11 is 0. The third kappa shape index (κ3) is 37.7. The zero-order valence-electron chi connectivity index (χ0n) is 59.8. The first-order chi connectivity index (χ1) is 47.3. The Kier molecular flexibility index (Phi) is 50.3. The second kappa shape index (κ2) is 55.0. The molecule has 0 spiro atoms. The molecule has 2 saturated heterocycles. The van der Waals surface area contributed by atoms with Crippen LogP contribution in [-0.2, 0) is 61.2 Å². The molecule has 574 valence electrons. The van der Waals surface area contributed by atoms with Crippen molar-refractivity contribution in [1.29, 1.82) is 0 Å². The Bertz CT molecular complexity index is 2120. The molecule has 0 radical (unpaired) electrons. The van der Waals surface area contributed by atoms with E-state index in [1.165, 1.54) is 160 Å². The Morgan fingerprint density at radius 2 is 0.786 bits per heavy atom. The molecule has 18 unspecified atom stereocenters. The summed E-state index contributed by atoms with van der Waals surface area (Å²) in [4.78, 5) is 50.9. The fraction of sp³-hybridized carbons (Fsp3) is 0.904. The molecule has 18 atom stereocenters. The molecule has 24 nitrogen and oxygen atoms in total. The molecule has 0 aromatic heterocycles. The number of phosphoric ester groups is 1. The third-order valence-corrected chi connectivity index (χ3v) is 19.8. The normalized spacial score (nSPS) is 27.7. The van der Waals surface area contributed by atoms with Gasteiger partial charge in [-0.15, -0.1) is 0 Å². The van der Waals surface area contributed by atoms with E-state index >= 15 is 0 Å². The third-order valence-electron chi connectivity index (χ3n) is 18.8. The van der Waals surface area contributed by atoms with Gasteiger partial charge in [0.25, 0.3) is 0 Å². The molecular weight excluding hydrogens is 1290 g/mol. The molecule has 11 N–H and O–H groups in total. The predicted octanol–water partition coefficient (Wildman–Crippen LogP) is 10.5. The van der Waals surface area contributed by atoms with Crippen molar-refractivity contribution in [2.75, 3.05) is 26.4 Å². The number of carbonyl (C=O) groups excluding carboxylic acids is 3. The Morgan fingerprint density at radius 1 is 0.418 bits per heavy atom. The second-order valence-corrected chi connectivity index (χ2v) is 28.9. The second-order valence-electron chi connectivity index (χ2n) is 27.4. The molecule has 0 bridgehead atoms. The first-order valence-electron chi connectivity index (χ1n) is 38.2. The topological polar surface area (TPSA) is 374 Å². The van der Waals surface area contributed by atoms with Crippen LogP contribution in [0.4, 0.5) is 0 Å². The van der Waals surface area contributed by atoms with E-state index in [1.54, 1.807) is 6.08 Å². The number of aliphatic hydroxyl groups is 10. The monoisotopic (exact) mass is 1420 g/mol. The molecule has 0 aromatic rings. The van der Waals surface area contributed by atoms with Gasteiger partial charge in [-0.3, -0.25) is 18.6 Å². The Morgan fingerprint density at radius 3 is 1.20 bits per heavy atom. The number of aliphatic hydroxyl groups excluding tert-OH is 10. The molecular formula is C73H133O24P. The summed E-state index contributed by atoms with van der Waals surface area (Å²) in [7, 11) is -5.71. The minimum absolute atomic E-state index is 0.0290. The fourth-order valence-corrected chi connectivity index (χ4v) is 13.6. The van der Waals surface area contributed by atoms with Crippen LogP contribution in [0.25, 0.3) is 0 Å². The highest BCUT2D eigenvalue weighted by Gasteiger charge is 2.58. The van der Waals surface area contributed by atoms with Gasteiger partial charge in [0.05, 0.1) is 13.2 Å². The van der Waals surface area contributed by atoms with Gasteiger partial charge in [-0.05, 0) is 25.7 Å². The van der Waals surface area contributed by atoms with Crippen molar-refractivity contribution >= 4 is 25.7 Å². The van der Waals surface area contributed by atoms with Crippen molar-refractivity contribution in [2.45, 2.75) is 395 Å². The average Bonchev–Trinajstić information content (AvgIpc) is 0.763. The van der Waals surface area contributed by atoms with E-state index in [9.17, 15) is 74.9 Å². The van der Waals surface area contributed by atoms with E-state index in [4.69, 9.17) is 42.2 Å². The molecule has 0 aromatic carbocycles. The Hall–Kier alpha value is -2.56. The maximum atomic E-state index is 14.3. The molecule has 3 aliphatic rings. The smallest absolute Gasteiger partial charge is 0.463 e. The zero-order chi connectivity index (χ0) is 71.8. The van der Waals surface area contributed by atoms with E-state index in [0.717, 1.165) is 96.0 Å². The number of unbranched alkanes of at least 4 members (excludes halogenated alkanes) is 37. The zero-order valence-corrected chi connectivity index (χ0v) is 60.7. The van der Waals surface area contributed by atoms with Gasteiger partial charge in [0.2, 0.25) is 0 Å². The lowest BCUT2D eigenvalue weighted by molar-refractivity contribution is -0.360. The van der Waals surface area contributed by atoms with Crippen LogP contribution in [0.2, 0.25) is 0 Å². The van der Waals surface area contributed by atoms with Gasteiger partial charge in [-0.1, -0.05) is 270 Å². The van der Waals surface area contributed by atoms with Crippen molar-refractivity contribution in [3.63, 3.8) is 0 Å². The van der Waals surface area contributed by atoms with Crippen molar-refractivity contribution < 1.29 is 117 Å². The van der Waals surface area contributed by atoms with Crippen LogP contribution in [0.5, 0.6) is 0 Å². The van der Waals surface area contributed by atoms with Crippen molar-refractivity contribution in [2.24, 2.45) is 0 Å². The lowest BCUT2D eigenvalue weighted by atomic mass is 9.84. The van der Waals surface area contributed by atoms with Gasteiger partial charge in [0.15, 0.2) is 18.7 Å². The number of phosphoric acid groups is 1. The quantitative estimate of drug-likeness (QED) is 0.00673. The van der Waals surface area contributed by atoms with E-state index < -0.39 is 156 Å². The van der Waals surface area contributed by atoms with Crippen LogP contribution in [0.15, 0.2) is 24.3 Å². The number of carbonyl (C=O) groups is 3. The lowest BCUT2D eigenvalue weighted by Gasteiger charge is -2.49. The van der Waals surface area contributed by atoms with E-state index in [0.29, 0.717) is 12.8 Å². The lowest BCUT2D eigenvalue weighted by Crippen LogP contribution is -2.69. The molecule has 1 saturated carbocycles. The maximum absolute atomic E-state index is 14.3. The predicted molar refractivity (Wildman–Crippen MR) is 370 cm³/mol. The number of rotatable bonds is 59. The fourth-order valence-electron chi connectivity index (χ4n) is 12.6. The average molecular weight is 1430 g/mol. The molecule has 25 heteroatoms. The minimum atomic E-state index is -5.71. The van der Waals surface area contributed by atoms with Gasteiger partial charge in [-0.25, -0.2) is 9.36 Å². The van der Waals surface area contributed by atoms with Crippen LogP contribution in [0.1, 0.15) is 290 Å². The van der Waals surface area contributed by atoms with Crippen LogP contribution in [-0.4, -0.2) is 204 Å². The van der Waals surface area contributed by atoms with Gasteiger partial charge in [0.1, 0.15) is 98.7 Å². The van der Waals surface area contributed by atoms with Crippen LogP contribution < -0.4 is 0 Å².